The number of alkyl halides is 6. The highest BCUT2D eigenvalue weighted by Gasteiger charge is 2.45. The topological polar surface area (TPSA) is 90.9 Å². The fraction of sp³-hybridized carbons (Fsp3) is 0.333. The summed E-state index contributed by atoms with van der Waals surface area (Å²) in [5, 5.41) is 13.3. The van der Waals surface area contributed by atoms with Gasteiger partial charge in [-0.1, -0.05) is 12.1 Å². The van der Waals surface area contributed by atoms with E-state index in [4.69, 9.17) is 14.6 Å². The maximum atomic E-state index is 13.7. The summed E-state index contributed by atoms with van der Waals surface area (Å²) in [4.78, 5) is 23.0. The van der Waals surface area contributed by atoms with Gasteiger partial charge in [0.25, 0.3) is 5.91 Å². The molecule has 13 heteroatoms. The third kappa shape index (κ3) is 5.19. The van der Waals surface area contributed by atoms with Crippen molar-refractivity contribution < 1.29 is 45.8 Å². The standard InChI is InChI=1S/C19H18F3N3O2.C2HF3O2/c1-27-16-5-3-2-4-14(16)24-11-8-12-15-10-23-6-7-25(15)18(26)17(12)13(9-11)19(20,21)22;3-2(4,5)1(6)7/h2-5,8-9,15,23-24H,6-7,10H2,1H3;(H,6,7)/t15-;/m0./s1. The van der Waals surface area contributed by atoms with E-state index in [1.807, 2.05) is 0 Å². The number of nitrogens with one attached hydrogen (secondary N) is 2. The van der Waals surface area contributed by atoms with E-state index in [9.17, 15) is 31.1 Å². The second-order valence-electron chi connectivity index (χ2n) is 7.33. The average Bonchev–Trinajstić information content (AvgIpc) is 3.05. The van der Waals surface area contributed by atoms with Gasteiger partial charge in [-0.15, -0.1) is 0 Å². The maximum Gasteiger partial charge on any atom is 0.490 e. The van der Waals surface area contributed by atoms with E-state index >= 15 is 0 Å². The van der Waals surface area contributed by atoms with Gasteiger partial charge in [-0.2, -0.15) is 26.3 Å². The Hall–Kier alpha value is -3.48. The van der Waals surface area contributed by atoms with Crippen molar-refractivity contribution in [3.05, 3.63) is 53.1 Å². The van der Waals surface area contributed by atoms with Gasteiger partial charge in [-0.05, 0) is 29.8 Å². The van der Waals surface area contributed by atoms with Gasteiger partial charge >= 0.3 is 18.3 Å². The van der Waals surface area contributed by atoms with Gasteiger partial charge < -0.3 is 25.4 Å². The van der Waals surface area contributed by atoms with E-state index in [0.29, 0.717) is 36.6 Å². The summed E-state index contributed by atoms with van der Waals surface area (Å²) >= 11 is 0. The molecule has 2 aromatic carbocycles. The number of piperazine rings is 1. The number of carboxylic acid groups (broad SMARTS) is 1. The highest BCUT2D eigenvalue weighted by Crippen LogP contribution is 2.44. The number of fused-ring (bicyclic) bond motifs is 3. The minimum atomic E-state index is -5.08. The lowest BCUT2D eigenvalue weighted by Gasteiger charge is -2.30. The molecule has 0 spiro atoms. The predicted molar refractivity (Wildman–Crippen MR) is 108 cm³/mol. The SMILES string of the molecule is COc1ccccc1Nc1cc2c(c(C(F)(F)F)c1)C(=O)N1CCNC[C@@H]21.O=C(O)C(F)(F)F. The second kappa shape index (κ2) is 9.41. The molecule has 0 unspecified atom stereocenters. The van der Waals surface area contributed by atoms with Crippen LogP contribution in [-0.2, 0) is 11.0 Å². The third-order valence-corrected chi connectivity index (χ3v) is 5.18. The first-order chi connectivity index (χ1) is 15.8. The van der Waals surface area contributed by atoms with Crippen LogP contribution < -0.4 is 15.4 Å². The summed E-state index contributed by atoms with van der Waals surface area (Å²) in [6, 6.07) is 9.22. The smallest absolute Gasteiger partial charge is 0.490 e. The van der Waals surface area contributed by atoms with Gasteiger partial charge in [0.05, 0.1) is 30.0 Å². The summed E-state index contributed by atoms with van der Waals surface area (Å²) in [5.41, 5.74) is 0.0832. The van der Waals surface area contributed by atoms with Gasteiger partial charge in [-0.25, -0.2) is 4.79 Å². The van der Waals surface area contributed by atoms with E-state index in [2.05, 4.69) is 10.6 Å². The van der Waals surface area contributed by atoms with E-state index in [1.54, 1.807) is 30.3 Å². The predicted octanol–water partition coefficient (Wildman–Crippen LogP) is 4.19. The van der Waals surface area contributed by atoms with Gasteiger partial charge in [0.2, 0.25) is 0 Å². The number of carboxylic acids is 1. The van der Waals surface area contributed by atoms with E-state index in [1.165, 1.54) is 12.0 Å². The summed E-state index contributed by atoms with van der Waals surface area (Å²) in [7, 11) is 1.49. The average molecular weight is 491 g/mol. The summed E-state index contributed by atoms with van der Waals surface area (Å²) in [6.45, 7) is 1.41. The lowest BCUT2D eigenvalue weighted by atomic mass is 9.97. The van der Waals surface area contributed by atoms with Crippen LogP contribution in [0.3, 0.4) is 0 Å². The van der Waals surface area contributed by atoms with Crippen LogP contribution in [0.5, 0.6) is 5.75 Å². The van der Waals surface area contributed by atoms with Crippen molar-refractivity contribution in [2.45, 2.75) is 18.4 Å². The Bertz CT molecular complexity index is 1090. The number of rotatable bonds is 3. The van der Waals surface area contributed by atoms with Crippen LogP contribution in [0.25, 0.3) is 0 Å². The quantitative estimate of drug-likeness (QED) is 0.558. The molecule has 3 N–H and O–H groups in total. The lowest BCUT2D eigenvalue weighted by Crippen LogP contribution is -2.44. The molecule has 1 fully saturated rings. The highest BCUT2D eigenvalue weighted by molar-refractivity contribution is 6.01. The first kappa shape index (κ1) is 25.1. The van der Waals surface area contributed by atoms with Crippen molar-refractivity contribution in [2.24, 2.45) is 0 Å². The maximum absolute atomic E-state index is 13.7. The molecular formula is C21H19F6N3O4. The minimum Gasteiger partial charge on any atom is -0.495 e. The van der Waals surface area contributed by atoms with Crippen molar-refractivity contribution >= 4 is 23.3 Å². The molecule has 0 bridgehead atoms. The zero-order valence-electron chi connectivity index (χ0n) is 17.5. The molecule has 1 amide bonds. The van der Waals surface area contributed by atoms with E-state index in [-0.39, 0.29) is 17.3 Å². The number of para-hydroxylation sites is 2. The molecule has 2 aromatic rings. The van der Waals surface area contributed by atoms with Gasteiger partial charge in [-0.3, -0.25) is 4.79 Å². The molecule has 34 heavy (non-hydrogen) atoms. The van der Waals surface area contributed by atoms with Crippen molar-refractivity contribution in [3.63, 3.8) is 0 Å². The Morgan fingerprint density at radius 3 is 2.41 bits per heavy atom. The minimum absolute atomic E-state index is 0.234. The molecule has 2 heterocycles. The van der Waals surface area contributed by atoms with E-state index < -0.39 is 29.8 Å². The lowest BCUT2D eigenvalue weighted by molar-refractivity contribution is -0.192. The van der Waals surface area contributed by atoms with E-state index in [0.717, 1.165) is 6.07 Å². The van der Waals surface area contributed by atoms with Crippen LogP contribution in [0, 0.1) is 0 Å². The normalized spacial score (nSPS) is 17.3. The first-order valence-corrected chi connectivity index (χ1v) is 9.81. The van der Waals surface area contributed by atoms with Gasteiger partial charge in [0.1, 0.15) is 5.75 Å². The number of nitrogens with zero attached hydrogens (tertiary/aromatic N) is 1. The van der Waals surface area contributed by atoms with Crippen molar-refractivity contribution in [3.8, 4) is 5.75 Å². The number of ether oxygens (including phenoxy) is 1. The number of halogens is 6. The number of anilines is 2. The molecule has 0 aliphatic carbocycles. The molecule has 2 aliphatic rings. The monoisotopic (exact) mass is 491 g/mol. The molecule has 1 saturated heterocycles. The van der Waals surface area contributed by atoms with Crippen molar-refractivity contribution in [1.82, 2.24) is 10.2 Å². The molecule has 0 aromatic heterocycles. The summed E-state index contributed by atoms with van der Waals surface area (Å²) in [5.74, 6) is -2.79. The number of hydrogen-bond donors (Lipinski definition) is 3. The summed E-state index contributed by atoms with van der Waals surface area (Å²) < 4.78 is 78.1. The van der Waals surface area contributed by atoms with Crippen LogP contribution in [0.1, 0.15) is 27.5 Å². The fourth-order valence-electron chi connectivity index (χ4n) is 3.73. The second-order valence-corrected chi connectivity index (χ2v) is 7.33. The molecule has 7 nitrogen and oxygen atoms in total. The Morgan fingerprint density at radius 1 is 1.18 bits per heavy atom. The van der Waals surface area contributed by atoms with Crippen molar-refractivity contribution in [1.29, 1.82) is 0 Å². The Kier molecular flexibility index (Phi) is 6.96. The van der Waals surface area contributed by atoms with Crippen LogP contribution in [0.2, 0.25) is 0 Å². The third-order valence-electron chi connectivity index (χ3n) is 5.18. The van der Waals surface area contributed by atoms with Crippen molar-refractivity contribution in [2.75, 3.05) is 32.1 Å². The number of carbonyl (C=O) groups is 2. The molecular weight excluding hydrogens is 472 g/mol. The fourth-order valence-corrected chi connectivity index (χ4v) is 3.73. The summed E-state index contributed by atoms with van der Waals surface area (Å²) in [6.07, 6.45) is -9.71. The van der Waals surface area contributed by atoms with Gasteiger partial charge in [0, 0.05) is 25.3 Å². The Labute approximate surface area is 189 Å². The number of methoxy groups -OCH3 is 1. The zero-order valence-corrected chi connectivity index (χ0v) is 17.5. The van der Waals surface area contributed by atoms with Crippen LogP contribution in [0.15, 0.2) is 36.4 Å². The molecule has 0 radical (unpaired) electrons. The molecule has 4 rings (SSSR count). The number of hydrogen-bond acceptors (Lipinski definition) is 5. The Balaban J connectivity index is 0.000000406. The first-order valence-electron chi connectivity index (χ1n) is 9.81. The highest BCUT2D eigenvalue weighted by atomic mass is 19.4. The number of benzene rings is 2. The van der Waals surface area contributed by atoms with Crippen LogP contribution in [0.4, 0.5) is 37.7 Å². The molecule has 0 saturated carbocycles. The number of amides is 1. The Morgan fingerprint density at radius 2 is 1.82 bits per heavy atom. The molecule has 1 atom stereocenters. The van der Waals surface area contributed by atoms with Gasteiger partial charge in [0.15, 0.2) is 0 Å². The number of carbonyl (C=O) groups excluding carboxylic acids is 1. The molecule has 2 aliphatic heterocycles. The zero-order chi connectivity index (χ0) is 25.3. The molecule has 184 valence electrons. The number of aliphatic carboxylic acids is 1. The van der Waals surface area contributed by atoms with Crippen LogP contribution >= 0.6 is 0 Å². The largest absolute Gasteiger partial charge is 0.495 e. The van der Waals surface area contributed by atoms with Crippen LogP contribution in [-0.4, -0.2) is 54.8 Å².